The molecule has 1 aliphatic rings. The Morgan fingerprint density at radius 3 is 3.27 bits per heavy atom. The van der Waals surface area contributed by atoms with Crippen LogP contribution >= 0.6 is 0 Å². The summed E-state index contributed by atoms with van der Waals surface area (Å²) in [7, 11) is 1.73. The van der Waals surface area contributed by atoms with Crippen LogP contribution in [0.1, 0.15) is 12.8 Å². The molecule has 1 heterocycles. The predicted octanol–water partition coefficient (Wildman–Crippen LogP) is 0.283. The molecule has 0 atom stereocenters. The van der Waals surface area contributed by atoms with Gasteiger partial charge in [-0.25, -0.2) is 0 Å². The van der Waals surface area contributed by atoms with Crippen molar-refractivity contribution in [3.8, 4) is 0 Å². The molecular weight excluding hydrogens is 138 g/mol. The Hall–Kier alpha value is -0.830. The van der Waals surface area contributed by atoms with Crippen molar-refractivity contribution in [3.05, 3.63) is 11.6 Å². The zero-order valence-electron chi connectivity index (χ0n) is 6.93. The van der Waals surface area contributed by atoms with Gasteiger partial charge >= 0.3 is 0 Å². The highest BCUT2D eigenvalue weighted by Gasteiger charge is 2.04. The first-order chi connectivity index (χ1) is 5.34. The van der Waals surface area contributed by atoms with Crippen molar-refractivity contribution in [3.63, 3.8) is 0 Å². The lowest BCUT2D eigenvalue weighted by atomic mass is 10.1. The summed E-state index contributed by atoms with van der Waals surface area (Å²) >= 11 is 0. The topological polar surface area (TPSA) is 50.4 Å². The maximum absolute atomic E-state index is 5.67. The minimum atomic E-state index is 0.689. The molecule has 0 saturated carbocycles. The quantitative estimate of drug-likeness (QED) is 0.420. The monoisotopic (exact) mass is 153 g/mol. The lowest BCUT2D eigenvalue weighted by Crippen LogP contribution is -2.14. The zero-order chi connectivity index (χ0) is 8.10. The van der Waals surface area contributed by atoms with Crippen LogP contribution in [0, 0.1) is 0 Å². The molecule has 3 nitrogen and oxygen atoms in total. The molecule has 62 valence electrons. The number of rotatable bonds is 1. The Morgan fingerprint density at radius 2 is 2.55 bits per heavy atom. The van der Waals surface area contributed by atoms with E-state index >= 15 is 0 Å². The van der Waals surface area contributed by atoms with Gasteiger partial charge in [0.25, 0.3) is 0 Å². The molecule has 0 fully saturated rings. The van der Waals surface area contributed by atoms with Gasteiger partial charge in [-0.15, -0.1) is 0 Å². The average Bonchev–Trinajstić information content (AvgIpc) is 2.30. The van der Waals surface area contributed by atoms with Gasteiger partial charge in [-0.2, -0.15) is 0 Å². The molecule has 0 saturated heterocycles. The van der Waals surface area contributed by atoms with Crippen molar-refractivity contribution in [2.24, 2.45) is 10.7 Å². The third-order valence-electron chi connectivity index (χ3n) is 1.86. The highest BCUT2D eigenvalue weighted by Crippen LogP contribution is 2.06. The van der Waals surface area contributed by atoms with Gasteiger partial charge < -0.3 is 11.1 Å². The van der Waals surface area contributed by atoms with E-state index in [4.69, 9.17) is 5.73 Å². The third-order valence-corrected chi connectivity index (χ3v) is 1.86. The first kappa shape index (κ1) is 8.27. The van der Waals surface area contributed by atoms with Crippen molar-refractivity contribution in [2.45, 2.75) is 12.8 Å². The van der Waals surface area contributed by atoms with Crippen LogP contribution in [0.4, 0.5) is 0 Å². The highest BCUT2D eigenvalue weighted by molar-refractivity contribution is 5.96. The Labute approximate surface area is 67.4 Å². The molecule has 0 unspecified atom stereocenters. The fourth-order valence-electron chi connectivity index (χ4n) is 1.18. The fourth-order valence-corrected chi connectivity index (χ4v) is 1.18. The van der Waals surface area contributed by atoms with E-state index in [-0.39, 0.29) is 0 Å². The van der Waals surface area contributed by atoms with Gasteiger partial charge in [0.15, 0.2) is 0 Å². The van der Waals surface area contributed by atoms with Gasteiger partial charge in [-0.1, -0.05) is 6.08 Å². The molecule has 3 heteroatoms. The zero-order valence-corrected chi connectivity index (χ0v) is 6.93. The molecule has 0 aromatic carbocycles. The van der Waals surface area contributed by atoms with Gasteiger partial charge in [0.1, 0.15) is 5.84 Å². The molecule has 1 aliphatic heterocycles. The van der Waals surface area contributed by atoms with Crippen LogP contribution in [0.2, 0.25) is 0 Å². The maximum Gasteiger partial charge on any atom is 0.120 e. The van der Waals surface area contributed by atoms with Crippen LogP contribution in [0.25, 0.3) is 0 Å². The van der Waals surface area contributed by atoms with Crippen LogP contribution in [0.5, 0.6) is 0 Å². The lowest BCUT2D eigenvalue weighted by molar-refractivity contribution is 0.718. The van der Waals surface area contributed by atoms with Gasteiger partial charge in [-0.3, -0.25) is 4.99 Å². The summed E-state index contributed by atoms with van der Waals surface area (Å²) in [6.45, 7) is 2.00. The number of nitrogens with one attached hydrogen (secondary N) is 1. The SMILES string of the molecule is CN=C(N)C1=CCNCCC1. The Kier molecular flexibility index (Phi) is 3.11. The normalized spacial score (nSPS) is 20.8. The second-order valence-electron chi connectivity index (χ2n) is 2.65. The van der Waals surface area contributed by atoms with Gasteiger partial charge in [-0.05, 0) is 25.0 Å². The van der Waals surface area contributed by atoms with Crippen molar-refractivity contribution in [1.82, 2.24) is 5.32 Å². The molecule has 1 rings (SSSR count). The van der Waals surface area contributed by atoms with Crippen molar-refractivity contribution in [1.29, 1.82) is 0 Å². The van der Waals surface area contributed by atoms with Gasteiger partial charge in [0.05, 0.1) is 0 Å². The summed E-state index contributed by atoms with van der Waals surface area (Å²) in [5.74, 6) is 0.689. The van der Waals surface area contributed by atoms with E-state index in [0.717, 1.165) is 25.9 Å². The number of nitrogens with zero attached hydrogens (tertiary/aromatic N) is 1. The maximum atomic E-state index is 5.67. The molecule has 11 heavy (non-hydrogen) atoms. The minimum absolute atomic E-state index is 0.689. The van der Waals surface area contributed by atoms with E-state index < -0.39 is 0 Å². The molecule has 0 aromatic heterocycles. The Morgan fingerprint density at radius 1 is 1.73 bits per heavy atom. The summed E-state index contributed by atoms with van der Waals surface area (Å²) in [4.78, 5) is 3.95. The standard InChI is InChI=1S/C8H15N3/c1-10-8(9)7-3-2-5-11-6-4-7/h4,11H,2-3,5-6H2,1H3,(H2,9,10). The number of amidine groups is 1. The van der Waals surface area contributed by atoms with Crippen LogP contribution in [-0.4, -0.2) is 26.0 Å². The number of hydrogen-bond acceptors (Lipinski definition) is 2. The number of hydrogen-bond donors (Lipinski definition) is 2. The summed E-state index contributed by atoms with van der Waals surface area (Å²) in [6.07, 6.45) is 4.33. The molecule has 0 aromatic rings. The van der Waals surface area contributed by atoms with Crippen LogP contribution < -0.4 is 11.1 Å². The second-order valence-corrected chi connectivity index (χ2v) is 2.65. The van der Waals surface area contributed by atoms with E-state index in [2.05, 4.69) is 16.4 Å². The summed E-state index contributed by atoms with van der Waals surface area (Å²) in [5.41, 5.74) is 6.86. The van der Waals surface area contributed by atoms with Crippen LogP contribution in [-0.2, 0) is 0 Å². The van der Waals surface area contributed by atoms with Crippen LogP contribution in [0.15, 0.2) is 16.6 Å². The van der Waals surface area contributed by atoms with E-state index in [1.165, 1.54) is 5.57 Å². The minimum Gasteiger partial charge on any atom is -0.384 e. The van der Waals surface area contributed by atoms with Crippen molar-refractivity contribution < 1.29 is 0 Å². The summed E-state index contributed by atoms with van der Waals surface area (Å²) in [6, 6.07) is 0. The second kappa shape index (κ2) is 4.13. The first-order valence-electron chi connectivity index (χ1n) is 3.97. The van der Waals surface area contributed by atoms with E-state index in [1.54, 1.807) is 7.05 Å². The van der Waals surface area contributed by atoms with E-state index in [0.29, 0.717) is 5.84 Å². The fraction of sp³-hybridized carbons (Fsp3) is 0.625. The van der Waals surface area contributed by atoms with Gasteiger partial charge in [0.2, 0.25) is 0 Å². The van der Waals surface area contributed by atoms with Crippen molar-refractivity contribution in [2.75, 3.05) is 20.1 Å². The molecule has 0 spiro atoms. The Bertz CT molecular complexity index is 182. The third kappa shape index (κ3) is 2.35. The van der Waals surface area contributed by atoms with E-state index in [9.17, 15) is 0 Å². The van der Waals surface area contributed by atoms with Gasteiger partial charge in [0, 0.05) is 13.6 Å². The molecule has 3 N–H and O–H groups in total. The predicted molar refractivity (Wildman–Crippen MR) is 47.7 cm³/mol. The molecule has 0 aliphatic carbocycles. The average molecular weight is 153 g/mol. The Balaban J connectivity index is 2.60. The molecule has 0 amide bonds. The number of nitrogens with two attached hydrogens (primary N) is 1. The smallest absolute Gasteiger partial charge is 0.120 e. The molecule has 0 radical (unpaired) electrons. The number of aliphatic imine (C=N–C) groups is 1. The summed E-state index contributed by atoms with van der Waals surface area (Å²) in [5, 5.41) is 3.27. The lowest BCUT2D eigenvalue weighted by Gasteiger charge is -2.01. The highest BCUT2D eigenvalue weighted by atomic mass is 14.9. The molecular formula is C8H15N3. The van der Waals surface area contributed by atoms with Crippen molar-refractivity contribution >= 4 is 5.84 Å². The van der Waals surface area contributed by atoms with E-state index in [1.807, 2.05) is 0 Å². The first-order valence-corrected chi connectivity index (χ1v) is 3.97. The summed E-state index contributed by atoms with van der Waals surface area (Å²) < 4.78 is 0. The molecule has 0 bridgehead atoms. The largest absolute Gasteiger partial charge is 0.384 e. The van der Waals surface area contributed by atoms with Crippen LogP contribution in [0.3, 0.4) is 0 Å².